The molecule has 0 spiro atoms. The Morgan fingerprint density at radius 1 is 1.08 bits per heavy atom. The lowest BCUT2D eigenvalue weighted by Crippen LogP contribution is -2.35. The number of nitrogens with zero attached hydrogens (tertiary/aromatic N) is 1. The van der Waals surface area contributed by atoms with Crippen molar-refractivity contribution in [2.75, 3.05) is 13.1 Å². The van der Waals surface area contributed by atoms with Gasteiger partial charge in [-0.25, -0.2) is 4.98 Å². The van der Waals surface area contributed by atoms with Crippen LogP contribution in [0.2, 0.25) is 0 Å². The average molecular weight is 405 g/mol. The van der Waals surface area contributed by atoms with Gasteiger partial charge >= 0.3 is 0 Å². The molecule has 2 heterocycles. The number of H-pyrrole nitrogens is 1. The monoisotopic (exact) mass is 404 g/mol. The highest BCUT2D eigenvalue weighted by Crippen LogP contribution is 2.13. The fourth-order valence-electron chi connectivity index (χ4n) is 2.15. The Hall–Kier alpha value is -2.94. The van der Waals surface area contributed by atoms with E-state index >= 15 is 0 Å². The average Bonchev–Trinajstić information content (AvgIpc) is 3.05. The summed E-state index contributed by atoms with van der Waals surface area (Å²) < 4.78 is 5.57. The van der Waals surface area contributed by atoms with Crippen LogP contribution in [0.15, 0.2) is 50.3 Å². The zero-order chi connectivity index (χ0) is 17.8. The normalized spacial score (nSPS) is 10.6. The van der Waals surface area contributed by atoms with Crippen LogP contribution in [0.25, 0.3) is 10.9 Å². The number of fused-ring (bicyclic) bond motifs is 1. The number of hydrogen-bond acceptors (Lipinski definition) is 5. The summed E-state index contributed by atoms with van der Waals surface area (Å²) in [5.74, 6) is -0.834. The van der Waals surface area contributed by atoms with Gasteiger partial charge in [-0.3, -0.25) is 14.4 Å². The molecule has 25 heavy (non-hydrogen) atoms. The number of aromatic nitrogens is 2. The number of rotatable bonds is 5. The first-order chi connectivity index (χ1) is 12.0. The third kappa shape index (κ3) is 3.94. The Morgan fingerprint density at radius 2 is 1.80 bits per heavy atom. The van der Waals surface area contributed by atoms with E-state index in [9.17, 15) is 14.4 Å². The smallest absolute Gasteiger partial charge is 0.287 e. The van der Waals surface area contributed by atoms with Crippen molar-refractivity contribution in [1.82, 2.24) is 20.6 Å². The van der Waals surface area contributed by atoms with Gasteiger partial charge < -0.3 is 20.0 Å². The van der Waals surface area contributed by atoms with Gasteiger partial charge in [-0.2, -0.15) is 0 Å². The Bertz CT molecular complexity index is 995. The molecule has 0 fully saturated rings. The van der Waals surface area contributed by atoms with Crippen LogP contribution in [-0.4, -0.2) is 34.9 Å². The van der Waals surface area contributed by atoms with Gasteiger partial charge in [-0.05, 0) is 40.2 Å². The molecule has 0 saturated heterocycles. The van der Waals surface area contributed by atoms with Crippen molar-refractivity contribution in [3.8, 4) is 0 Å². The molecule has 2 aromatic heterocycles. The van der Waals surface area contributed by atoms with Crippen molar-refractivity contribution >= 4 is 38.6 Å². The molecule has 2 amide bonds. The molecule has 128 valence electrons. The molecule has 0 atom stereocenters. The molecule has 0 aliphatic heterocycles. The Balaban J connectivity index is 1.56. The summed E-state index contributed by atoms with van der Waals surface area (Å²) in [4.78, 5) is 42.3. The van der Waals surface area contributed by atoms with Crippen molar-refractivity contribution < 1.29 is 14.0 Å². The molecule has 3 aromatic rings. The largest absolute Gasteiger partial charge is 0.444 e. The van der Waals surface area contributed by atoms with Crippen molar-refractivity contribution in [3.05, 3.63) is 63.0 Å². The number of nitrogens with one attached hydrogen (secondary N) is 3. The SMILES string of the molecule is O=C(NCCNC(=O)c1ccc(Br)o1)c1nc2ccccc2c(=O)[nH]1. The van der Waals surface area contributed by atoms with Gasteiger partial charge in [0.1, 0.15) is 0 Å². The first-order valence-corrected chi connectivity index (χ1v) is 8.14. The minimum atomic E-state index is -0.530. The van der Waals surface area contributed by atoms with Crippen molar-refractivity contribution in [1.29, 1.82) is 0 Å². The van der Waals surface area contributed by atoms with Crippen molar-refractivity contribution in [3.63, 3.8) is 0 Å². The molecule has 9 heteroatoms. The van der Waals surface area contributed by atoms with Gasteiger partial charge in [-0.1, -0.05) is 12.1 Å². The van der Waals surface area contributed by atoms with Gasteiger partial charge in [0.15, 0.2) is 16.3 Å². The second kappa shape index (κ2) is 7.31. The van der Waals surface area contributed by atoms with Gasteiger partial charge in [-0.15, -0.1) is 0 Å². The maximum Gasteiger partial charge on any atom is 0.287 e. The third-order valence-electron chi connectivity index (χ3n) is 3.32. The van der Waals surface area contributed by atoms with E-state index in [-0.39, 0.29) is 30.2 Å². The highest BCUT2D eigenvalue weighted by Gasteiger charge is 2.12. The number of halogens is 1. The summed E-state index contributed by atoms with van der Waals surface area (Å²) in [7, 11) is 0. The number of hydrogen-bond donors (Lipinski definition) is 3. The van der Waals surface area contributed by atoms with Crippen molar-refractivity contribution in [2.24, 2.45) is 0 Å². The minimum Gasteiger partial charge on any atom is -0.444 e. The fraction of sp³-hybridized carbons (Fsp3) is 0.125. The quantitative estimate of drug-likeness (QED) is 0.556. The summed E-state index contributed by atoms with van der Waals surface area (Å²) in [6, 6.07) is 9.88. The van der Waals surface area contributed by atoms with Crippen LogP contribution in [0, 0.1) is 0 Å². The number of benzene rings is 1. The zero-order valence-electron chi connectivity index (χ0n) is 12.8. The molecule has 3 rings (SSSR count). The molecule has 1 aromatic carbocycles. The van der Waals surface area contributed by atoms with Gasteiger partial charge in [0.2, 0.25) is 0 Å². The summed E-state index contributed by atoms with van der Waals surface area (Å²) in [5.41, 5.74) is 0.0561. The van der Waals surface area contributed by atoms with E-state index in [1.807, 2.05) is 0 Å². The van der Waals surface area contributed by atoms with E-state index in [4.69, 9.17) is 4.42 Å². The van der Waals surface area contributed by atoms with Crippen LogP contribution in [0.4, 0.5) is 0 Å². The lowest BCUT2D eigenvalue weighted by Gasteiger charge is -2.06. The van der Waals surface area contributed by atoms with Gasteiger partial charge in [0.05, 0.1) is 10.9 Å². The van der Waals surface area contributed by atoms with E-state index in [1.165, 1.54) is 6.07 Å². The highest BCUT2D eigenvalue weighted by atomic mass is 79.9. The van der Waals surface area contributed by atoms with Crippen LogP contribution in [0.1, 0.15) is 21.2 Å². The summed E-state index contributed by atoms with van der Waals surface area (Å²) in [5, 5.41) is 5.59. The first kappa shape index (κ1) is 16.9. The topological polar surface area (TPSA) is 117 Å². The number of amides is 2. The molecule has 0 aliphatic carbocycles. The van der Waals surface area contributed by atoms with Gasteiger partial charge in [0, 0.05) is 13.1 Å². The van der Waals surface area contributed by atoms with Crippen LogP contribution in [0.3, 0.4) is 0 Å². The van der Waals surface area contributed by atoms with Gasteiger partial charge in [0.25, 0.3) is 17.4 Å². The summed E-state index contributed by atoms with van der Waals surface area (Å²) >= 11 is 3.11. The van der Waals surface area contributed by atoms with Crippen LogP contribution in [0.5, 0.6) is 0 Å². The lowest BCUT2D eigenvalue weighted by atomic mass is 10.2. The molecule has 0 bridgehead atoms. The Morgan fingerprint density at radius 3 is 2.52 bits per heavy atom. The minimum absolute atomic E-state index is 0.0787. The Labute approximate surface area is 149 Å². The maximum absolute atomic E-state index is 12.1. The van der Waals surface area contributed by atoms with E-state index in [1.54, 1.807) is 30.3 Å². The summed E-state index contributed by atoms with van der Waals surface area (Å²) in [6.07, 6.45) is 0. The van der Waals surface area contributed by atoms with Crippen molar-refractivity contribution in [2.45, 2.75) is 0 Å². The van der Waals surface area contributed by atoms with E-state index in [0.717, 1.165) is 0 Å². The molecule has 3 N–H and O–H groups in total. The molecule has 0 unspecified atom stereocenters. The fourth-order valence-corrected chi connectivity index (χ4v) is 2.46. The molecule has 8 nitrogen and oxygen atoms in total. The molecule has 0 aliphatic rings. The number of carbonyl (C=O) groups excluding carboxylic acids is 2. The molecule has 0 radical (unpaired) electrons. The molecule has 0 saturated carbocycles. The van der Waals surface area contributed by atoms with E-state index < -0.39 is 11.8 Å². The Kier molecular flexibility index (Phi) is 4.94. The summed E-state index contributed by atoms with van der Waals surface area (Å²) in [6.45, 7) is 0.365. The standard InChI is InChI=1S/C16H13BrN4O4/c17-12-6-5-11(25-12)15(23)18-7-8-19-16(24)13-20-10-4-2-1-3-9(10)14(22)21-13/h1-6H,7-8H2,(H,18,23)(H,19,24)(H,20,21,22). The number of carbonyl (C=O) groups is 2. The predicted molar refractivity (Wildman–Crippen MR) is 93.4 cm³/mol. The lowest BCUT2D eigenvalue weighted by molar-refractivity contribution is 0.0906. The zero-order valence-corrected chi connectivity index (χ0v) is 14.4. The second-order valence-electron chi connectivity index (χ2n) is 5.05. The molecular weight excluding hydrogens is 392 g/mol. The highest BCUT2D eigenvalue weighted by molar-refractivity contribution is 9.10. The molecular formula is C16H13BrN4O4. The van der Waals surface area contributed by atoms with E-state index in [0.29, 0.717) is 15.6 Å². The van der Waals surface area contributed by atoms with E-state index in [2.05, 4.69) is 36.5 Å². The number of aromatic amines is 1. The third-order valence-corrected chi connectivity index (χ3v) is 3.75. The first-order valence-electron chi connectivity index (χ1n) is 7.35. The second-order valence-corrected chi connectivity index (χ2v) is 5.83. The maximum atomic E-state index is 12.1. The van der Waals surface area contributed by atoms with Crippen LogP contribution < -0.4 is 16.2 Å². The van der Waals surface area contributed by atoms with Crippen LogP contribution >= 0.6 is 15.9 Å². The number of furan rings is 1. The van der Waals surface area contributed by atoms with Crippen LogP contribution in [-0.2, 0) is 0 Å². The number of para-hydroxylation sites is 1. The predicted octanol–water partition coefficient (Wildman–Crippen LogP) is 1.44.